The van der Waals surface area contributed by atoms with Gasteiger partial charge in [0, 0.05) is 23.7 Å². The molecular weight excluding hydrogens is 268 g/mol. The van der Waals surface area contributed by atoms with Gasteiger partial charge in [0.15, 0.2) is 5.78 Å². The van der Waals surface area contributed by atoms with E-state index in [9.17, 15) is 14.4 Å². The Bertz CT molecular complexity index is 559. The Morgan fingerprint density at radius 2 is 1.76 bits per heavy atom. The van der Waals surface area contributed by atoms with E-state index in [2.05, 4.69) is 5.32 Å². The lowest BCUT2D eigenvalue weighted by Gasteiger charge is -2.25. The summed E-state index contributed by atoms with van der Waals surface area (Å²) in [6, 6.07) is 6.70. The van der Waals surface area contributed by atoms with Gasteiger partial charge in [-0.05, 0) is 39.8 Å². The van der Waals surface area contributed by atoms with Crippen molar-refractivity contribution in [2.75, 3.05) is 11.4 Å². The molecule has 0 spiro atoms. The largest absolute Gasteiger partial charge is 0.350 e. The normalized spacial score (nSPS) is 10.9. The summed E-state index contributed by atoms with van der Waals surface area (Å²) in [5, 5.41) is 2.81. The third-order valence-electron chi connectivity index (χ3n) is 2.76. The molecule has 1 N–H and O–H groups in total. The lowest BCUT2D eigenvalue weighted by molar-refractivity contribution is -0.124. The Labute approximate surface area is 125 Å². The first-order valence-corrected chi connectivity index (χ1v) is 6.80. The van der Waals surface area contributed by atoms with Gasteiger partial charge in [-0.1, -0.05) is 12.1 Å². The van der Waals surface area contributed by atoms with E-state index in [4.69, 9.17) is 0 Å². The quantitative estimate of drug-likeness (QED) is 0.864. The smallest absolute Gasteiger partial charge is 0.240 e. The van der Waals surface area contributed by atoms with E-state index in [0.717, 1.165) is 0 Å². The summed E-state index contributed by atoms with van der Waals surface area (Å²) in [7, 11) is 0. The molecule has 0 saturated carbocycles. The summed E-state index contributed by atoms with van der Waals surface area (Å²) < 4.78 is 0. The number of hydrogen-bond donors (Lipinski definition) is 1. The molecule has 21 heavy (non-hydrogen) atoms. The van der Waals surface area contributed by atoms with Crippen molar-refractivity contribution < 1.29 is 14.4 Å². The Morgan fingerprint density at radius 3 is 2.24 bits per heavy atom. The molecule has 1 rings (SSSR count). The zero-order valence-corrected chi connectivity index (χ0v) is 13.2. The Morgan fingerprint density at radius 1 is 1.14 bits per heavy atom. The minimum absolute atomic E-state index is 0.0754. The predicted molar refractivity (Wildman–Crippen MR) is 82.4 cm³/mol. The van der Waals surface area contributed by atoms with Crippen molar-refractivity contribution in [1.82, 2.24) is 5.32 Å². The summed E-state index contributed by atoms with van der Waals surface area (Å²) in [6.07, 6.45) is 0. The number of anilines is 1. The first-order chi connectivity index (χ1) is 9.60. The molecular formula is C16H22N2O3. The van der Waals surface area contributed by atoms with Gasteiger partial charge in [0.1, 0.15) is 6.54 Å². The van der Waals surface area contributed by atoms with Crippen LogP contribution in [0.15, 0.2) is 24.3 Å². The van der Waals surface area contributed by atoms with Crippen LogP contribution in [0.1, 0.15) is 45.0 Å². The maximum absolute atomic E-state index is 12.0. The third-order valence-corrected chi connectivity index (χ3v) is 2.76. The van der Waals surface area contributed by atoms with E-state index in [1.54, 1.807) is 24.3 Å². The number of Topliss-reactive ketones (excluding diaryl/α,β-unsaturated/α-hetero) is 1. The maximum atomic E-state index is 12.0. The Hall–Kier alpha value is -2.17. The monoisotopic (exact) mass is 290 g/mol. The molecule has 5 heteroatoms. The number of nitrogens with zero attached hydrogens (tertiary/aromatic N) is 1. The highest BCUT2D eigenvalue weighted by molar-refractivity contribution is 6.00. The van der Waals surface area contributed by atoms with Crippen LogP contribution < -0.4 is 10.2 Å². The fourth-order valence-corrected chi connectivity index (χ4v) is 1.88. The van der Waals surface area contributed by atoms with Crippen molar-refractivity contribution in [3.05, 3.63) is 29.8 Å². The molecule has 1 aromatic carbocycles. The molecule has 1 aromatic rings. The van der Waals surface area contributed by atoms with Crippen LogP contribution in [-0.2, 0) is 9.59 Å². The first kappa shape index (κ1) is 16.9. The van der Waals surface area contributed by atoms with Gasteiger partial charge in [-0.2, -0.15) is 0 Å². The van der Waals surface area contributed by atoms with Gasteiger partial charge in [-0.3, -0.25) is 14.4 Å². The lowest BCUT2D eigenvalue weighted by Crippen LogP contribution is -2.47. The summed E-state index contributed by atoms with van der Waals surface area (Å²) in [5.74, 6) is -0.579. The van der Waals surface area contributed by atoms with E-state index in [0.29, 0.717) is 11.3 Å². The zero-order chi connectivity index (χ0) is 16.2. The molecule has 0 aliphatic carbocycles. The van der Waals surface area contributed by atoms with Crippen LogP contribution in [0.2, 0.25) is 0 Å². The van der Waals surface area contributed by atoms with E-state index in [-0.39, 0.29) is 29.7 Å². The molecule has 0 unspecified atom stereocenters. The fourth-order valence-electron chi connectivity index (χ4n) is 1.88. The molecule has 0 aliphatic heterocycles. The van der Waals surface area contributed by atoms with E-state index < -0.39 is 0 Å². The molecule has 0 heterocycles. The lowest BCUT2D eigenvalue weighted by atomic mass is 10.1. The van der Waals surface area contributed by atoms with Crippen LogP contribution in [0.5, 0.6) is 0 Å². The van der Waals surface area contributed by atoms with Gasteiger partial charge in [0.25, 0.3) is 0 Å². The van der Waals surface area contributed by atoms with E-state index >= 15 is 0 Å². The number of ketones is 1. The van der Waals surface area contributed by atoms with E-state index in [1.165, 1.54) is 18.7 Å². The first-order valence-electron chi connectivity index (χ1n) is 6.80. The number of nitrogens with one attached hydrogen (secondary N) is 1. The number of amides is 2. The van der Waals surface area contributed by atoms with Gasteiger partial charge in [0.05, 0.1) is 0 Å². The third kappa shape index (κ3) is 5.38. The highest BCUT2D eigenvalue weighted by Gasteiger charge is 2.20. The number of rotatable bonds is 4. The van der Waals surface area contributed by atoms with Crippen molar-refractivity contribution in [3.8, 4) is 0 Å². The zero-order valence-electron chi connectivity index (χ0n) is 13.2. The van der Waals surface area contributed by atoms with Crippen molar-refractivity contribution in [2.24, 2.45) is 0 Å². The standard InChI is InChI=1S/C16H22N2O3/c1-11(19)13-7-6-8-14(9-13)18(12(2)20)10-15(21)17-16(3,4)5/h6-9H,10H2,1-5H3,(H,17,21). The summed E-state index contributed by atoms with van der Waals surface area (Å²) in [4.78, 5) is 36.6. The van der Waals surface area contributed by atoms with Gasteiger partial charge >= 0.3 is 0 Å². The van der Waals surface area contributed by atoms with Crippen molar-refractivity contribution in [3.63, 3.8) is 0 Å². The number of benzene rings is 1. The number of carbonyl (C=O) groups excluding carboxylic acids is 3. The summed E-state index contributed by atoms with van der Waals surface area (Å²) >= 11 is 0. The molecule has 0 atom stereocenters. The molecule has 0 bridgehead atoms. The summed E-state index contributed by atoms with van der Waals surface area (Å²) in [6.45, 7) is 8.40. The number of hydrogen-bond acceptors (Lipinski definition) is 3. The molecule has 2 amide bonds. The SMILES string of the molecule is CC(=O)c1cccc(N(CC(=O)NC(C)(C)C)C(C)=O)c1. The minimum Gasteiger partial charge on any atom is -0.350 e. The van der Waals surface area contributed by atoms with Crippen molar-refractivity contribution in [1.29, 1.82) is 0 Å². The fraction of sp³-hybridized carbons (Fsp3) is 0.438. The molecule has 0 aliphatic rings. The van der Waals surface area contributed by atoms with Crippen LogP contribution in [0.25, 0.3) is 0 Å². The predicted octanol–water partition coefficient (Wildman–Crippen LogP) is 2.16. The molecule has 0 fully saturated rings. The van der Waals surface area contributed by atoms with Crippen LogP contribution >= 0.6 is 0 Å². The van der Waals surface area contributed by atoms with Crippen LogP contribution in [0.3, 0.4) is 0 Å². The summed E-state index contributed by atoms with van der Waals surface area (Å²) in [5.41, 5.74) is 0.690. The number of carbonyl (C=O) groups is 3. The topological polar surface area (TPSA) is 66.5 Å². The second-order valence-corrected chi connectivity index (χ2v) is 6.01. The highest BCUT2D eigenvalue weighted by Crippen LogP contribution is 2.17. The van der Waals surface area contributed by atoms with E-state index in [1.807, 2.05) is 20.8 Å². The second kappa shape index (κ2) is 6.52. The van der Waals surface area contributed by atoms with Crippen molar-refractivity contribution >= 4 is 23.3 Å². The molecule has 114 valence electrons. The molecule has 0 aromatic heterocycles. The second-order valence-electron chi connectivity index (χ2n) is 6.01. The Balaban J connectivity index is 2.97. The minimum atomic E-state index is -0.360. The average molecular weight is 290 g/mol. The van der Waals surface area contributed by atoms with Crippen molar-refractivity contribution in [2.45, 2.75) is 40.2 Å². The average Bonchev–Trinajstić information content (AvgIpc) is 2.33. The van der Waals surface area contributed by atoms with Gasteiger partial charge in [0.2, 0.25) is 11.8 Å². The van der Waals surface area contributed by atoms with Gasteiger partial charge < -0.3 is 10.2 Å². The van der Waals surface area contributed by atoms with Crippen LogP contribution in [-0.4, -0.2) is 29.7 Å². The maximum Gasteiger partial charge on any atom is 0.240 e. The van der Waals surface area contributed by atoms with Crippen LogP contribution in [0, 0.1) is 0 Å². The Kier molecular flexibility index (Phi) is 5.24. The van der Waals surface area contributed by atoms with Crippen LogP contribution in [0.4, 0.5) is 5.69 Å². The molecule has 0 saturated heterocycles. The van der Waals surface area contributed by atoms with Gasteiger partial charge in [-0.25, -0.2) is 0 Å². The highest BCUT2D eigenvalue weighted by atomic mass is 16.2. The molecule has 5 nitrogen and oxygen atoms in total. The van der Waals surface area contributed by atoms with Gasteiger partial charge in [-0.15, -0.1) is 0 Å². The molecule has 0 radical (unpaired) electrons.